The van der Waals surface area contributed by atoms with Crippen LogP contribution in [0.4, 0.5) is 11.4 Å². The predicted octanol–water partition coefficient (Wildman–Crippen LogP) is 9.20. The standard InChI is InChI=1S/C26H31N2S.2CH4.I2/c1-15-11-21-13-23(27(7)25(21)19(5)17(15)3)9-8-10-24-14-22-12-16(2)18(4)20(6)26(22)28(24)29;;;1-2/h8-12,29H,13-14H2,1-7H3;2*1H4;/q+1;;;. The molecule has 180 valence electrons. The molecule has 0 atom stereocenters. The molecule has 2 aliphatic rings. The Morgan fingerprint density at radius 2 is 1.39 bits per heavy atom. The summed E-state index contributed by atoms with van der Waals surface area (Å²) >= 11 is 9.05. The smallest absolute Gasteiger partial charge is 0.212 e. The molecule has 0 bridgehead atoms. The second-order valence-electron chi connectivity index (χ2n) is 8.64. The fourth-order valence-electron chi connectivity index (χ4n) is 4.78. The topological polar surface area (TPSA) is 6.25 Å². The number of halogens is 2. The van der Waals surface area contributed by atoms with Crippen LogP contribution in [-0.4, -0.2) is 17.3 Å². The quantitative estimate of drug-likeness (QED) is 0.188. The third-order valence-corrected chi connectivity index (χ3v) is 7.44. The Kier molecular flexibility index (Phi) is 11.2. The highest BCUT2D eigenvalue weighted by atomic mass is 128. The molecular formula is C28H39I2N2S+. The van der Waals surface area contributed by atoms with Crippen molar-refractivity contribution in [3.05, 3.63) is 80.6 Å². The predicted molar refractivity (Wildman–Crippen MR) is 170 cm³/mol. The van der Waals surface area contributed by atoms with E-state index in [0.717, 1.165) is 12.8 Å². The zero-order chi connectivity index (χ0) is 23.0. The molecule has 0 spiro atoms. The molecular weight excluding hydrogens is 650 g/mol. The maximum absolute atomic E-state index is 4.81. The number of hydrogen-bond acceptors (Lipinski definition) is 2. The van der Waals surface area contributed by atoms with Crippen LogP contribution < -0.4 is 4.31 Å². The minimum absolute atomic E-state index is 0. The lowest BCUT2D eigenvalue weighted by atomic mass is 9.97. The van der Waals surface area contributed by atoms with Crippen molar-refractivity contribution in [2.24, 2.45) is 0 Å². The molecule has 0 unspecified atom stereocenters. The first-order chi connectivity index (χ1) is 14.7. The number of rotatable bonds is 2. The summed E-state index contributed by atoms with van der Waals surface area (Å²) in [7, 11) is 2.19. The molecule has 0 saturated carbocycles. The molecule has 2 aromatic carbocycles. The van der Waals surface area contributed by atoms with E-state index >= 15 is 0 Å². The lowest BCUT2D eigenvalue weighted by molar-refractivity contribution is -0.401. The van der Waals surface area contributed by atoms with Gasteiger partial charge in [-0.1, -0.05) is 39.8 Å². The van der Waals surface area contributed by atoms with Crippen molar-refractivity contribution in [3.8, 4) is 0 Å². The van der Waals surface area contributed by atoms with Crippen molar-refractivity contribution >= 4 is 67.1 Å². The van der Waals surface area contributed by atoms with Crippen molar-refractivity contribution in [1.82, 2.24) is 0 Å². The van der Waals surface area contributed by atoms with E-state index in [1.54, 1.807) is 0 Å². The van der Waals surface area contributed by atoms with Crippen LogP contribution in [-0.2, 0) is 12.8 Å². The van der Waals surface area contributed by atoms with E-state index in [1.807, 2.05) is 0 Å². The molecule has 2 nitrogen and oxygen atoms in total. The van der Waals surface area contributed by atoms with Crippen molar-refractivity contribution in [1.29, 1.82) is 0 Å². The number of aryl methyl sites for hydroxylation is 2. The van der Waals surface area contributed by atoms with Crippen LogP contribution in [0, 0.1) is 41.5 Å². The number of allylic oxidation sites excluding steroid dienone is 4. The summed E-state index contributed by atoms with van der Waals surface area (Å²) in [6.07, 6.45) is 8.59. The molecule has 0 aliphatic carbocycles. The number of fused-ring (bicyclic) bond motifs is 2. The van der Waals surface area contributed by atoms with Crippen molar-refractivity contribution < 1.29 is 4.58 Å². The summed E-state index contributed by atoms with van der Waals surface area (Å²) < 4.78 is 4.42. The van der Waals surface area contributed by atoms with Crippen LogP contribution in [0.15, 0.2) is 36.1 Å². The highest BCUT2D eigenvalue weighted by Crippen LogP contribution is 2.41. The van der Waals surface area contributed by atoms with Crippen LogP contribution in [0.3, 0.4) is 0 Å². The average Bonchev–Trinajstić information content (AvgIpc) is 3.22. The second-order valence-corrected chi connectivity index (χ2v) is 9.04. The molecule has 0 aromatic heterocycles. The summed E-state index contributed by atoms with van der Waals surface area (Å²) in [5, 5.41) is 0. The van der Waals surface area contributed by atoms with Crippen LogP contribution in [0.5, 0.6) is 0 Å². The number of nitrogens with zero attached hydrogens (tertiary/aromatic N) is 2. The zero-order valence-electron chi connectivity index (χ0n) is 19.4. The number of anilines is 1. The molecule has 0 N–H and O–H groups in total. The van der Waals surface area contributed by atoms with Gasteiger partial charge in [0.2, 0.25) is 5.69 Å². The Bertz CT molecular complexity index is 1140. The molecule has 33 heavy (non-hydrogen) atoms. The molecule has 0 saturated heterocycles. The third kappa shape index (κ3) is 5.56. The maximum atomic E-state index is 4.81. The maximum Gasteiger partial charge on any atom is 0.212 e. The van der Waals surface area contributed by atoms with E-state index in [1.165, 1.54) is 67.3 Å². The van der Waals surface area contributed by atoms with Crippen LogP contribution in [0.1, 0.15) is 59.4 Å². The summed E-state index contributed by atoms with van der Waals surface area (Å²) in [4.78, 5) is 0. The Morgan fingerprint density at radius 3 is 2.00 bits per heavy atom. The highest BCUT2D eigenvalue weighted by molar-refractivity contribution is 15.0. The van der Waals surface area contributed by atoms with E-state index in [2.05, 4.69) is 125 Å². The monoisotopic (exact) mass is 689 g/mol. The van der Waals surface area contributed by atoms with E-state index in [9.17, 15) is 0 Å². The van der Waals surface area contributed by atoms with Gasteiger partial charge in [-0.05, 0) is 87.1 Å². The Hall–Kier alpha value is -0.800. The van der Waals surface area contributed by atoms with Crippen LogP contribution in [0.2, 0.25) is 0 Å². The first kappa shape index (κ1) is 30.2. The lowest BCUT2D eigenvalue weighted by Crippen LogP contribution is -2.07. The first-order valence-corrected chi connectivity index (χ1v) is 17.2. The lowest BCUT2D eigenvalue weighted by Gasteiger charge is -2.17. The molecule has 0 radical (unpaired) electrons. The number of thiol groups is 1. The molecule has 0 amide bonds. The SMILES string of the molecule is C.C.Cc1cc2c(c(C)c1C)N(S)C(=CC=CC1=[N+](C)c3c(cc(C)c(C)c3C)C1)C2.II. The normalized spacial score (nSPS) is 15.2. The van der Waals surface area contributed by atoms with Gasteiger partial charge in [0.1, 0.15) is 7.05 Å². The largest absolute Gasteiger partial charge is 0.290 e. The van der Waals surface area contributed by atoms with Crippen LogP contribution >= 0.6 is 50.0 Å². The van der Waals surface area contributed by atoms with Gasteiger partial charge in [0, 0.05) is 66.6 Å². The minimum atomic E-state index is 0. The van der Waals surface area contributed by atoms with E-state index in [4.69, 9.17) is 12.8 Å². The first-order valence-electron chi connectivity index (χ1n) is 10.5. The average molecular weight is 690 g/mol. The zero-order valence-corrected chi connectivity index (χ0v) is 24.6. The Balaban J connectivity index is 0.00000133. The van der Waals surface area contributed by atoms with Gasteiger partial charge in [-0.25, -0.2) is 0 Å². The van der Waals surface area contributed by atoms with Crippen LogP contribution in [0.25, 0.3) is 0 Å². The van der Waals surface area contributed by atoms with Gasteiger partial charge in [-0.15, -0.1) is 0 Å². The van der Waals surface area contributed by atoms with Crippen molar-refractivity contribution in [2.45, 2.75) is 69.2 Å². The molecule has 0 fully saturated rings. The van der Waals surface area contributed by atoms with Gasteiger partial charge in [-0.2, -0.15) is 4.58 Å². The summed E-state index contributed by atoms with van der Waals surface area (Å²) in [5.41, 5.74) is 16.3. The summed E-state index contributed by atoms with van der Waals surface area (Å²) in [5.74, 6) is 0. The van der Waals surface area contributed by atoms with E-state index in [0.29, 0.717) is 0 Å². The highest BCUT2D eigenvalue weighted by Gasteiger charge is 2.29. The van der Waals surface area contributed by atoms with Crippen molar-refractivity contribution in [3.63, 3.8) is 0 Å². The number of hydrogen-bond donors (Lipinski definition) is 1. The van der Waals surface area contributed by atoms with Gasteiger partial charge in [0.15, 0.2) is 5.71 Å². The van der Waals surface area contributed by atoms with Gasteiger partial charge < -0.3 is 0 Å². The van der Waals surface area contributed by atoms with Crippen molar-refractivity contribution in [2.75, 3.05) is 11.4 Å². The van der Waals surface area contributed by atoms with Gasteiger partial charge in [0.05, 0.1) is 12.1 Å². The Morgan fingerprint density at radius 1 is 0.848 bits per heavy atom. The molecule has 4 rings (SSSR count). The van der Waals surface area contributed by atoms with Gasteiger partial charge in [-0.3, -0.25) is 4.31 Å². The van der Waals surface area contributed by atoms with Gasteiger partial charge in [0.25, 0.3) is 0 Å². The molecule has 5 heteroatoms. The molecule has 2 aromatic rings. The fourth-order valence-corrected chi connectivity index (χ4v) is 5.19. The van der Waals surface area contributed by atoms with E-state index < -0.39 is 0 Å². The Labute approximate surface area is 231 Å². The fraction of sp³-hybridized carbons (Fsp3) is 0.393. The number of benzene rings is 2. The van der Waals surface area contributed by atoms with E-state index in [-0.39, 0.29) is 14.9 Å². The van der Waals surface area contributed by atoms with Gasteiger partial charge >= 0.3 is 0 Å². The molecule has 2 aliphatic heterocycles. The summed E-state index contributed by atoms with van der Waals surface area (Å²) in [6.45, 7) is 13.3. The third-order valence-electron chi connectivity index (χ3n) is 6.98. The second kappa shape index (κ2) is 12.2. The minimum Gasteiger partial charge on any atom is -0.290 e. The molecule has 2 heterocycles. The summed E-state index contributed by atoms with van der Waals surface area (Å²) in [6, 6.07) is 4.67.